The van der Waals surface area contributed by atoms with Crippen LogP contribution in [0.5, 0.6) is 0 Å². The van der Waals surface area contributed by atoms with Gasteiger partial charge in [-0.2, -0.15) is 0 Å². The van der Waals surface area contributed by atoms with E-state index >= 15 is 0 Å². The second-order valence-electron chi connectivity index (χ2n) is 25.7. The molecule has 16 nitrogen and oxygen atoms in total. The maximum absolute atomic E-state index is 12.9. The number of rotatable bonds is 73. The number of hydrogen-bond donors (Lipinski definition) is 4. The Morgan fingerprint density at radius 3 is 0.901 bits per heavy atom. The summed E-state index contributed by atoms with van der Waals surface area (Å²) in [7, 11) is -9.81. The molecule has 0 aliphatic rings. The van der Waals surface area contributed by atoms with Gasteiger partial charge in [0.2, 0.25) is 0 Å². The summed E-state index contributed by atoms with van der Waals surface area (Å²) in [5.41, 5.74) is 0. The van der Waals surface area contributed by atoms with Crippen molar-refractivity contribution in [1.29, 1.82) is 0 Å². The number of hydrogen-bond acceptors (Lipinski definition) is 14. The Labute approximate surface area is 613 Å². The lowest BCUT2D eigenvalue weighted by atomic mass is 10.0. The van der Waals surface area contributed by atoms with Crippen LogP contribution in [-0.4, -0.2) is 95.9 Å². The largest absolute Gasteiger partial charge is 0.472 e. The van der Waals surface area contributed by atoms with E-state index in [1.807, 2.05) is 18.2 Å². The Bertz CT molecular complexity index is 2420. The van der Waals surface area contributed by atoms with Gasteiger partial charge in [0, 0.05) is 19.3 Å². The van der Waals surface area contributed by atoms with Gasteiger partial charge in [-0.15, -0.1) is 0 Å². The highest BCUT2D eigenvalue weighted by Gasteiger charge is 2.29. The Balaban J connectivity index is 4.53. The van der Waals surface area contributed by atoms with Crippen LogP contribution in [0.15, 0.2) is 146 Å². The van der Waals surface area contributed by atoms with E-state index < -0.39 is 91.5 Å². The lowest BCUT2D eigenvalue weighted by Gasteiger charge is -2.21. The molecule has 0 fully saturated rings. The van der Waals surface area contributed by atoms with Crippen LogP contribution in [0.3, 0.4) is 0 Å². The molecule has 0 radical (unpaired) electrons. The molecule has 0 heterocycles. The van der Waals surface area contributed by atoms with Crippen LogP contribution in [-0.2, 0) is 55.8 Å². The van der Waals surface area contributed by atoms with Crippen molar-refractivity contribution < 1.29 is 75.8 Å². The first kappa shape index (κ1) is 96.4. The molecule has 0 aromatic heterocycles. The van der Waals surface area contributed by atoms with E-state index in [0.717, 1.165) is 122 Å². The van der Waals surface area contributed by atoms with Crippen molar-refractivity contribution >= 4 is 33.6 Å². The summed E-state index contributed by atoms with van der Waals surface area (Å²) in [6.45, 7) is 2.35. The molecule has 5 atom stereocenters. The average molecular weight is 1460 g/mol. The van der Waals surface area contributed by atoms with Gasteiger partial charge in [-0.25, -0.2) is 9.13 Å². The maximum atomic E-state index is 12.9. The molecule has 0 saturated heterocycles. The van der Waals surface area contributed by atoms with Gasteiger partial charge in [-0.05, 0) is 128 Å². The number of carbonyl (C=O) groups excluding carboxylic acids is 3. The van der Waals surface area contributed by atoms with Gasteiger partial charge >= 0.3 is 33.6 Å². The van der Waals surface area contributed by atoms with E-state index in [1.165, 1.54) is 116 Å². The molecule has 0 amide bonds. The predicted octanol–water partition coefficient (Wildman–Crippen LogP) is 22.9. The number of esters is 3. The van der Waals surface area contributed by atoms with Crippen molar-refractivity contribution in [3.63, 3.8) is 0 Å². The average Bonchev–Trinajstić information content (AvgIpc) is 1.14. The highest BCUT2D eigenvalue weighted by atomic mass is 31.2. The van der Waals surface area contributed by atoms with Crippen molar-refractivity contribution in [2.45, 2.75) is 322 Å². The smallest absolute Gasteiger partial charge is 0.463 e. The molecule has 0 aliphatic heterocycles. The third-order valence-corrected chi connectivity index (χ3v) is 17.9. The van der Waals surface area contributed by atoms with Crippen molar-refractivity contribution in [1.82, 2.24) is 0 Å². The fourth-order valence-corrected chi connectivity index (χ4v) is 11.7. The van der Waals surface area contributed by atoms with Crippen molar-refractivity contribution in [3.05, 3.63) is 146 Å². The first-order chi connectivity index (χ1) is 49.2. The number of unbranched alkanes of at least 4 members (excludes halogenated alkanes) is 26. The molecule has 18 heteroatoms. The predicted molar refractivity (Wildman–Crippen MR) is 417 cm³/mol. The summed E-state index contributed by atoms with van der Waals surface area (Å²) in [5.74, 6) is -1.68. The van der Waals surface area contributed by atoms with E-state index in [0.29, 0.717) is 25.7 Å². The fourth-order valence-electron chi connectivity index (χ4n) is 10.1. The van der Waals surface area contributed by atoms with Gasteiger partial charge in [0.1, 0.15) is 25.4 Å². The van der Waals surface area contributed by atoms with E-state index in [4.69, 9.17) is 32.3 Å². The molecular formula is C83H140O16P2. The lowest BCUT2D eigenvalue weighted by molar-refractivity contribution is -0.161. The van der Waals surface area contributed by atoms with Crippen molar-refractivity contribution in [2.75, 3.05) is 39.6 Å². The third-order valence-electron chi connectivity index (χ3n) is 16.0. The quantitative estimate of drug-likeness (QED) is 0.0146. The van der Waals surface area contributed by atoms with Crippen LogP contribution >= 0.6 is 15.6 Å². The molecule has 0 spiro atoms. The summed E-state index contributed by atoms with van der Waals surface area (Å²) >= 11 is 0. The molecule has 578 valence electrons. The number of ether oxygens (including phenoxy) is 3. The summed E-state index contributed by atoms with van der Waals surface area (Å²) in [5, 5.41) is 20.6. The zero-order valence-corrected chi connectivity index (χ0v) is 64.8. The molecule has 4 N–H and O–H groups in total. The SMILES string of the molecule is CC/C=C\C/C=C\C/C=C\C/C=C\C/C=C\C/C=C\CCC(=O)OCC(COP(=O)(O)OCC(O)COP(=O)(O)OCC(O)COC(=O)CCCCCCCCCCCCCCCCC/C=C\C/C=C\C/C=C\C/C=C\C/C=C\CC)OC(=O)CCCCCCC/C=C\CCCCCCCC. The standard InChI is InChI=1S/C83H140O16P2/c1-4-7-10-13-16-19-22-25-28-30-32-33-34-35-36-37-38-39-40-41-42-43-45-47-49-51-54-57-60-63-66-69-81(86)93-72-78(84)73-95-100(89,90)96-74-79(85)75-97-101(91,92)98-77-80(99-83(88)71-68-65-62-59-56-53-48-27-24-21-18-15-12-9-6-3)76-94-82(87)70-67-64-61-58-55-52-50-46-44-31-29-26-23-20-17-14-11-8-5-2/h7-8,10-11,16-17,19-20,25-29,32-33,35-36,44,46,48,52,55,61,64,78-80,84-85H,4-6,9,12-15,18,21-24,30-31,34,37-43,45,47,49-51,53-54,56-60,62-63,65-77H2,1-3H3,(H,89,90)(H,91,92)/b10-7-,11-8-,19-16-,20-17-,28-25-,29-26-,33-32-,36-35-,46-44-,48-27-,55-52-,64-61-. The monoisotopic (exact) mass is 1450 g/mol. The Morgan fingerprint density at radius 2 is 0.545 bits per heavy atom. The number of phosphoric ester groups is 2. The molecule has 0 aromatic carbocycles. The van der Waals surface area contributed by atoms with Crippen LogP contribution in [0.2, 0.25) is 0 Å². The minimum absolute atomic E-state index is 0.0409. The molecule has 0 aliphatic carbocycles. The minimum Gasteiger partial charge on any atom is -0.463 e. The lowest BCUT2D eigenvalue weighted by Crippen LogP contribution is -2.30. The molecular weight excluding hydrogens is 1310 g/mol. The van der Waals surface area contributed by atoms with Crippen LogP contribution < -0.4 is 0 Å². The summed E-state index contributed by atoms with van der Waals surface area (Å²) < 4.78 is 61.0. The molecule has 0 bridgehead atoms. The van der Waals surface area contributed by atoms with Gasteiger partial charge in [-0.1, -0.05) is 301 Å². The maximum Gasteiger partial charge on any atom is 0.472 e. The highest BCUT2D eigenvalue weighted by molar-refractivity contribution is 7.47. The molecule has 0 aromatic rings. The van der Waals surface area contributed by atoms with Gasteiger partial charge in [0.25, 0.3) is 0 Å². The van der Waals surface area contributed by atoms with E-state index in [-0.39, 0.29) is 19.3 Å². The van der Waals surface area contributed by atoms with Gasteiger partial charge in [-0.3, -0.25) is 32.5 Å². The highest BCUT2D eigenvalue weighted by Crippen LogP contribution is 2.45. The summed E-state index contributed by atoms with van der Waals surface area (Å²) in [4.78, 5) is 58.5. The van der Waals surface area contributed by atoms with Gasteiger partial charge in [0.15, 0.2) is 6.10 Å². The molecule has 101 heavy (non-hydrogen) atoms. The van der Waals surface area contributed by atoms with Crippen molar-refractivity contribution in [2.24, 2.45) is 0 Å². The first-order valence-electron chi connectivity index (χ1n) is 39.1. The van der Waals surface area contributed by atoms with E-state index in [9.17, 15) is 43.5 Å². The number of aliphatic hydroxyl groups is 2. The number of allylic oxidation sites excluding steroid dienone is 24. The van der Waals surface area contributed by atoms with Gasteiger partial charge < -0.3 is 34.2 Å². The summed E-state index contributed by atoms with van der Waals surface area (Å²) in [6, 6.07) is 0. The van der Waals surface area contributed by atoms with Gasteiger partial charge in [0.05, 0.1) is 26.4 Å². The first-order valence-corrected chi connectivity index (χ1v) is 42.1. The second-order valence-corrected chi connectivity index (χ2v) is 28.7. The normalized spacial score (nSPS) is 14.8. The number of aliphatic hydroxyl groups excluding tert-OH is 2. The third kappa shape index (κ3) is 76.4. The molecule has 0 rings (SSSR count). The fraction of sp³-hybridized carbons (Fsp3) is 0.675. The number of phosphoric acid groups is 2. The second kappa shape index (κ2) is 75.1. The van der Waals surface area contributed by atoms with Crippen molar-refractivity contribution in [3.8, 4) is 0 Å². The van der Waals surface area contributed by atoms with Crippen LogP contribution in [0.4, 0.5) is 0 Å². The zero-order chi connectivity index (χ0) is 73.7. The topological polar surface area (TPSA) is 231 Å². The Hall–Kier alpha value is -4.57. The van der Waals surface area contributed by atoms with Crippen LogP contribution in [0, 0.1) is 0 Å². The Morgan fingerprint density at radius 1 is 0.287 bits per heavy atom. The minimum atomic E-state index is -4.95. The zero-order valence-electron chi connectivity index (χ0n) is 63.0. The van der Waals surface area contributed by atoms with E-state index in [2.05, 4.69) is 148 Å². The van der Waals surface area contributed by atoms with E-state index in [1.54, 1.807) is 0 Å². The Kier molecular flexibility index (Phi) is 71.7. The van der Waals surface area contributed by atoms with Crippen LogP contribution in [0.25, 0.3) is 0 Å². The summed E-state index contributed by atoms with van der Waals surface area (Å²) in [6.07, 6.45) is 92.1. The molecule has 0 saturated carbocycles. The number of carbonyl (C=O) groups is 3. The van der Waals surface area contributed by atoms with Crippen LogP contribution in [0.1, 0.15) is 303 Å². The molecule has 5 unspecified atom stereocenters.